The summed E-state index contributed by atoms with van der Waals surface area (Å²) in [4.78, 5) is 4.79. The van der Waals surface area contributed by atoms with E-state index in [2.05, 4.69) is 10.6 Å². The van der Waals surface area contributed by atoms with Crippen molar-refractivity contribution >= 4 is 39.8 Å². The monoisotopic (exact) mass is 525 g/mol. The average molecular weight is 525 g/mol. The van der Waals surface area contributed by atoms with Crippen molar-refractivity contribution in [1.82, 2.24) is 10.6 Å². The number of hydrogen-bond acceptors (Lipinski definition) is 4. The van der Waals surface area contributed by atoms with Crippen LogP contribution in [0.15, 0.2) is 4.99 Å². The van der Waals surface area contributed by atoms with E-state index in [-0.39, 0.29) is 36.0 Å². The normalized spacial score (nSPS) is 37.3. The number of aliphatic imine (C=N–C) groups is 1. The van der Waals surface area contributed by atoms with E-state index in [0.29, 0.717) is 24.1 Å². The lowest BCUT2D eigenvalue weighted by Crippen LogP contribution is -2.48. The van der Waals surface area contributed by atoms with E-state index in [9.17, 15) is 8.42 Å². The fraction of sp³-hybridized carbons (Fsp3) is 0.950. The second kappa shape index (κ2) is 10.3. The van der Waals surface area contributed by atoms with E-state index in [1.165, 1.54) is 38.5 Å². The molecule has 0 radical (unpaired) electrons. The smallest absolute Gasteiger partial charge is 0.191 e. The molecule has 0 amide bonds. The van der Waals surface area contributed by atoms with Gasteiger partial charge in [0.1, 0.15) is 0 Å². The predicted octanol–water partition coefficient (Wildman–Crippen LogP) is 2.72. The molecule has 8 heteroatoms. The lowest BCUT2D eigenvalue weighted by Gasteiger charge is -2.33. The minimum atomic E-state index is -2.84. The van der Waals surface area contributed by atoms with Gasteiger partial charge in [0.15, 0.2) is 15.8 Å². The molecular formula is C20H36IN3O3S. The molecule has 0 bridgehead atoms. The molecule has 2 N–H and O–H groups in total. The van der Waals surface area contributed by atoms with Crippen molar-refractivity contribution in [2.24, 2.45) is 22.7 Å². The van der Waals surface area contributed by atoms with Crippen LogP contribution in [0.5, 0.6) is 0 Å². The molecule has 5 atom stereocenters. The topological polar surface area (TPSA) is 79.8 Å². The van der Waals surface area contributed by atoms with Gasteiger partial charge in [-0.15, -0.1) is 24.0 Å². The Balaban J connectivity index is 0.00000225. The minimum absolute atomic E-state index is 0. The molecule has 28 heavy (non-hydrogen) atoms. The zero-order valence-corrected chi connectivity index (χ0v) is 19.9. The van der Waals surface area contributed by atoms with Crippen LogP contribution in [0.2, 0.25) is 0 Å². The molecule has 0 spiro atoms. The van der Waals surface area contributed by atoms with Crippen LogP contribution in [-0.2, 0) is 14.6 Å². The molecule has 4 fully saturated rings. The number of rotatable bonds is 5. The van der Waals surface area contributed by atoms with Crippen molar-refractivity contribution in [1.29, 1.82) is 0 Å². The third kappa shape index (κ3) is 6.20. The van der Waals surface area contributed by atoms with Gasteiger partial charge in [-0.25, -0.2) is 8.42 Å². The highest BCUT2D eigenvalue weighted by atomic mass is 127. The standard InChI is InChI=1S/C20H35N3O3S.HI/c24-27(25)10-8-15(14-27)12-21-20(22-13-19-5-2-9-26-19)23-18-7-6-16-3-1-4-17(16)11-18;/h15-19H,1-14H2,(H2,21,22,23);1H. The fourth-order valence-electron chi connectivity index (χ4n) is 5.43. The van der Waals surface area contributed by atoms with E-state index in [1.807, 2.05) is 0 Å². The van der Waals surface area contributed by atoms with Gasteiger partial charge >= 0.3 is 0 Å². The Hall–Kier alpha value is -0.0900. The van der Waals surface area contributed by atoms with Gasteiger partial charge in [0.25, 0.3) is 0 Å². The number of nitrogens with zero attached hydrogens (tertiary/aromatic N) is 1. The summed E-state index contributed by atoms with van der Waals surface area (Å²) in [5.41, 5.74) is 0. The number of sulfone groups is 1. The number of hydrogen-bond donors (Lipinski definition) is 2. The van der Waals surface area contributed by atoms with Gasteiger partial charge in [0, 0.05) is 25.7 Å². The summed E-state index contributed by atoms with van der Waals surface area (Å²) < 4.78 is 29.2. The van der Waals surface area contributed by atoms with Crippen LogP contribution in [-0.4, -0.2) is 57.7 Å². The van der Waals surface area contributed by atoms with Gasteiger partial charge in [0.05, 0.1) is 17.6 Å². The van der Waals surface area contributed by atoms with Crippen LogP contribution in [0.4, 0.5) is 0 Å². The molecule has 162 valence electrons. The van der Waals surface area contributed by atoms with E-state index in [4.69, 9.17) is 9.73 Å². The molecule has 0 aromatic rings. The second-order valence-electron chi connectivity index (χ2n) is 9.08. The maximum atomic E-state index is 11.7. The Morgan fingerprint density at radius 1 is 1.04 bits per heavy atom. The van der Waals surface area contributed by atoms with Crippen molar-refractivity contribution in [3.05, 3.63) is 0 Å². The fourth-order valence-corrected chi connectivity index (χ4v) is 7.28. The van der Waals surface area contributed by atoms with Gasteiger partial charge in [-0.2, -0.15) is 0 Å². The molecule has 0 aromatic heterocycles. The Morgan fingerprint density at radius 3 is 2.64 bits per heavy atom. The highest BCUT2D eigenvalue weighted by Crippen LogP contribution is 2.42. The van der Waals surface area contributed by atoms with Crippen LogP contribution in [0.3, 0.4) is 0 Å². The minimum Gasteiger partial charge on any atom is -0.376 e. The molecule has 2 aliphatic heterocycles. The maximum Gasteiger partial charge on any atom is 0.191 e. The highest BCUT2D eigenvalue weighted by molar-refractivity contribution is 14.0. The van der Waals surface area contributed by atoms with Crippen LogP contribution >= 0.6 is 24.0 Å². The molecule has 5 unspecified atom stereocenters. The van der Waals surface area contributed by atoms with E-state index in [1.54, 1.807) is 0 Å². The van der Waals surface area contributed by atoms with Gasteiger partial charge in [-0.05, 0) is 56.3 Å². The van der Waals surface area contributed by atoms with Gasteiger partial charge in [0.2, 0.25) is 0 Å². The third-order valence-electron chi connectivity index (χ3n) is 6.99. The second-order valence-corrected chi connectivity index (χ2v) is 11.3. The number of fused-ring (bicyclic) bond motifs is 1. The molecule has 2 aliphatic carbocycles. The Kier molecular flexibility index (Phi) is 8.30. The molecule has 4 rings (SSSR count). The van der Waals surface area contributed by atoms with Gasteiger partial charge in [-0.3, -0.25) is 4.99 Å². The molecule has 4 aliphatic rings. The van der Waals surface area contributed by atoms with Crippen LogP contribution in [0.25, 0.3) is 0 Å². The summed E-state index contributed by atoms with van der Waals surface area (Å²) in [5.74, 6) is 3.48. The molecule has 2 saturated heterocycles. The van der Waals surface area contributed by atoms with Crippen molar-refractivity contribution < 1.29 is 13.2 Å². The molecule has 0 aromatic carbocycles. The summed E-state index contributed by atoms with van der Waals surface area (Å²) in [5, 5.41) is 7.15. The summed E-state index contributed by atoms with van der Waals surface area (Å²) in [6.07, 6.45) is 11.3. The highest BCUT2D eigenvalue weighted by Gasteiger charge is 2.34. The number of ether oxygens (including phenoxy) is 1. The van der Waals surface area contributed by atoms with Crippen LogP contribution in [0.1, 0.15) is 57.8 Å². The molecular weight excluding hydrogens is 489 g/mol. The Bertz CT molecular complexity index is 637. The molecule has 6 nitrogen and oxygen atoms in total. The van der Waals surface area contributed by atoms with Crippen molar-refractivity contribution in [3.8, 4) is 0 Å². The summed E-state index contributed by atoms with van der Waals surface area (Å²) >= 11 is 0. The first-order valence-electron chi connectivity index (χ1n) is 10.9. The van der Waals surface area contributed by atoms with Gasteiger partial charge in [-0.1, -0.05) is 19.3 Å². The lowest BCUT2D eigenvalue weighted by molar-refractivity contribution is 0.113. The summed E-state index contributed by atoms with van der Waals surface area (Å²) in [7, 11) is -2.84. The zero-order chi connectivity index (χ0) is 18.7. The van der Waals surface area contributed by atoms with Gasteiger partial charge < -0.3 is 15.4 Å². The van der Waals surface area contributed by atoms with Crippen molar-refractivity contribution in [2.75, 3.05) is 31.2 Å². The quantitative estimate of drug-likeness (QED) is 0.328. The molecule has 2 saturated carbocycles. The van der Waals surface area contributed by atoms with Crippen molar-refractivity contribution in [3.63, 3.8) is 0 Å². The number of nitrogens with one attached hydrogen (secondary N) is 2. The van der Waals surface area contributed by atoms with E-state index >= 15 is 0 Å². The summed E-state index contributed by atoms with van der Waals surface area (Å²) in [6.45, 7) is 2.24. The van der Waals surface area contributed by atoms with Crippen molar-refractivity contribution in [2.45, 2.75) is 69.9 Å². The first-order chi connectivity index (χ1) is 13.1. The summed E-state index contributed by atoms with van der Waals surface area (Å²) in [6, 6.07) is 0.493. The molecule has 2 heterocycles. The van der Waals surface area contributed by atoms with Crippen LogP contribution < -0.4 is 10.6 Å². The number of halogens is 1. The number of guanidine groups is 1. The largest absolute Gasteiger partial charge is 0.376 e. The average Bonchev–Trinajstić information content (AvgIpc) is 3.38. The maximum absolute atomic E-state index is 11.7. The first kappa shape index (κ1) is 22.6. The zero-order valence-electron chi connectivity index (χ0n) is 16.8. The van der Waals surface area contributed by atoms with Crippen LogP contribution in [0, 0.1) is 17.8 Å². The Morgan fingerprint density at radius 2 is 1.89 bits per heavy atom. The third-order valence-corrected chi connectivity index (χ3v) is 8.82. The lowest BCUT2D eigenvalue weighted by atomic mass is 9.79. The predicted molar refractivity (Wildman–Crippen MR) is 123 cm³/mol. The van der Waals surface area contributed by atoms with E-state index < -0.39 is 9.84 Å². The Labute approximate surface area is 187 Å². The van der Waals surface area contributed by atoms with E-state index in [0.717, 1.165) is 50.2 Å². The first-order valence-corrected chi connectivity index (χ1v) is 12.8. The SMILES string of the molecule is I.O=S1(=O)CCC(CN=C(NCC2CCCO2)NC2CCC3CCCC3C2)C1.